The van der Waals surface area contributed by atoms with Crippen molar-refractivity contribution in [3.63, 3.8) is 0 Å². The highest BCUT2D eigenvalue weighted by Crippen LogP contribution is 2.24. The lowest BCUT2D eigenvalue weighted by Crippen LogP contribution is -1.92. The van der Waals surface area contributed by atoms with Crippen molar-refractivity contribution in [1.82, 2.24) is 4.98 Å². The van der Waals surface area contributed by atoms with E-state index < -0.39 is 0 Å². The van der Waals surface area contributed by atoms with Crippen molar-refractivity contribution in [3.05, 3.63) is 30.2 Å². The van der Waals surface area contributed by atoms with E-state index in [1.54, 1.807) is 19.3 Å². The summed E-state index contributed by atoms with van der Waals surface area (Å²) in [5.74, 6) is -0.218. The van der Waals surface area contributed by atoms with E-state index in [2.05, 4.69) is 10.3 Å². The molecule has 0 unspecified atom stereocenters. The number of nitrogens with one attached hydrogen (secondary N) is 2. The molecule has 2 rings (SSSR count). The van der Waals surface area contributed by atoms with Gasteiger partial charge in [-0.2, -0.15) is 0 Å². The minimum absolute atomic E-state index is 0.218. The molecular formula is C9H9FN2. The molecular weight excluding hydrogens is 155 g/mol. The van der Waals surface area contributed by atoms with E-state index in [0.29, 0.717) is 5.69 Å². The van der Waals surface area contributed by atoms with Gasteiger partial charge in [-0.1, -0.05) is 0 Å². The Bertz CT molecular complexity index is 406. The Hall–Kier alpha value is -1.51. The molecule has 0 bridgehead atoms. The summed E-state index contributed by atoms with van der Waals surface area (Å²) in [5.41, 5.74) is 1.49. The Labute approximate surface area is 69.4 Å². The predicted octanol–water partition coefficient (Wildman–Crippen LogP) is 2.35. The molecule has 0 aliphatic rings. The second kappa shape index (κ2) is 2.52. The SMILES string of the molecule is CNc1c(F)ccc2[nH]ccc12. The Morgan fingerprint density at radius 3 is 2.92 bits per heavy atom. The molecule has 3 heteroatoms. The molecule has 0 radical (unpaired) electrons. The Morgan fingerprint density at radius 1 is 1.33 bits per heavy atom. The molecule has 2 aromatic rings. The summed E-state index contributed by atoms with van der Waals surface area (Å²) < 4.78 is 13.1. The van der Waals surface area contributed by atoms with Gasteiger partial charge in [-0.05, 0) is 18.2 Å². The number of aromatic amines is 1. The fourth-order valence-electron chi connectivity index (χ4n) is 1.36. The molecule has 0 amide bonds. The van der Waals surface area contributed by atoms with E-state index >= 15 is 0 Å². The minimum atomic E-state index is -0.218. The van der Waals surface area contributed by atoms with Gasteiger partial charge in [-0.25, -0.2) is 4.39 Å². The fourth-order valence-corrected chi connectivity index (χ4v) is 1.36. The summed E-state index contributed by atoms with van der Waals surface area (Å²) >= 11 is 0. The lowest BCUT2D eigenvalue weighted by Gasteiger charge is -2.02. The molecule has 0 atom stereocenters. The van der Waals surface area contributed by atoms with Gasteiger partial charge in [-0.15, -0.1) is 0 Å². The van der Waals surface area contributed by atoms with Crippen LogP contribution in [0.3, 0.4) is 0 Å². The van der Waals surface area contributed by atoms with Gasteiger partial charge in [0.25, 0.3) is 0 Å². The molecule has 0 saturated heterocycles. The van der Waals surface area contributed by atoms with Crippen molar-refractivity contribution in [2.24, 2.45) is 0 Å². The Balaban J connectivity index is 2.83. The fraction of sp³-hybridized carbons (Fsp3) is 0.111. The third-order valence-electron chi connectivity index (χ3n) is 1.93. The smallest absolute Gasteiger partial charge is 0.147 e. The van der Waals surface area contributed by atoms with Gasteiger partial charge in [0.1, 0.15) is 5.82 Å². The number of hydrogen-bond donors (Lipinski definition) is 2. The first-order valence-corrected chi connectivity index (χ1v) is 3.76. The number of benzene rings is 1. The van der Waals surface area contributed by atoms with Gasteiger partial charge in [0, 0.05) is 24.1 Å². The normalized spacial score (nSPS) is 10.5. The molecule has 2 nitrogen and oxygen atoms in total. The van der Waals surface area contributed by atoms with Gasteiger partial charge in [0.15, 0.2) is 0 Å². The quantitative estimate of drug-likeness (QED) is 0.665. The molecule has 0 spiro atoms. The topological polar surface area (TPSA) is 27.8 Å². The van der Waals surface area contributed by atoms with Crippen LogP contribution in [0.5, 0.6) is 0 Å². The number of rotatable bonds is 1. The van der Waals surface area contributed by atoms with Crippen molar-refractivity contribution >= 4 is 16.6 Å². The summed E-state index contributed by atoms with van der Waals surface area (Å²) in [5, 5.41) is 3.72. The van der Waals surface area contributed by atoms with Gasteiger partial charge in [-0.3, -0.25) is 0 Å². The number of H-pyrrole nitrogens is 1. The van der Waals surface area contributed by atoms with E-state index in [1.165, 1.54) is 6.07 Å². The average Bonchev–Trinajstić information content (AvgIpc) is 2.52. The molecule has 1 aromatic heterocycles. The zero-order chi connectivity index (χ0) is 8.55. The molecule has 1 aromatic carbocycles. The predicted molar refractivity (Wildman–Crippen MR) is 47.8 cm³/mol. The maximum absolute atomic E-state index is 13.1. The van der Waals surface area contributed by atoms with Crippen LogP contribution in [0.25, 0.3) is 10.9 Å². The highest BCUT2D eigenvalue weighted by Gasteiger charge is 2.04. The van der Waals surface area contributed by atoms with Crippen LogP contribution in [0.2, 0.25) is 0 Å². The number of aromatic nitrogens is 1. The molecule has 62 valence electrons. The van der Waals surface area contributed by atoms with Crippen LogP contribution in [-0.4, -0.2) is 12.0 Å². The first kappa shape index (κ1) is 7.16. The van der Waals surface area contributed by atoms with Crippen molar-refractivity contribution in [2.45, 2.75) is 0 Å². The van der Waals surface area contributed by atoms with Crippen LogP contribution < -0.4 is 5.32 Å². The number of hydrogen-bond acceptors (Lipinski definition) is 1. The van der Waals surface area contributed by atoms with Crippen molar-refractivity contribution < 1.29 is 4.39 Å². The molecule has 0 saturated carbocycles. The molecule has 0 aliphatic heterocycles. The van der Waals surface area contributed by atoms with E-state index in [-0.39, 0.29) is 5.82 Å². The van der Waals surface area contributed by atoms with Crippen LogP contribution >= 0.6 is 0 Å². The largest absolute Gasteiger partial charge is 0.385 e. The number of halogens is 1. The van der Waals surface area contributed by atoms with E-state index in [1.807, 2.05) is 6.07 Å². The standard InChI is InChI=1S/C9H9FN2/c1-11-9-6-4-5-12-8(6)3-2-7(9)10/h2-5,11-12H,1H3. The van der Waals surface area contributed by atoms with Gasteiger partial charge >= 0.3 is 0 Å². The van der Waals surface area contributed by atoms with Gasteiger partial charge in [0.05, 0.1) is 5.69 Å². The lowest BCUT2D eigenvalue weighted by molar-refractivity contribution is 0.633. The summed E-state index contributed by atoms with van der Waals surface area (Å²) in [6, 6.07) is 5.03. The third-order valence-corrected chi connectivity index (χ3v) is 1.93. The Morgan fingerprint density at radius 2 is 2.17 bits per heavy atom. The van der Waals surface area contributed by atoms with Gasteiger partial charge in [0.2, 0.25) is 0 Å². The summed E-state index contributed by atoms with van der Waals surface area (Å²) in [6.45, 7) is 0. The zero-order valence-electron chi connectivity index (χ0n) is 6.69. The monoisotopic (exact) mass is 164 g/mol. The van der Waals surface area contributed by atoms with E-state index in [0.717, 1.165) is 10.9 Å². The minimum Gasteiger partial charge on any atom is -0.385 e. The molecule has 1 heterocycles. The zero-order valence-corrected chi connectivity index (χ0v) is 6.69. The van der Waals surface area contributed by atoms with Crippen LogP contribution in [0.4, 0.5) is 10.1 Å². The van der Waals surface area contributed by atoms with Crippen molar-refractivity contribution in [3.8, 4) is 0 Å². The van der Waals surface area contributed by atoms with Crippen LogP contribution in [0, 0.1) is 5.82 Å². The van der Waals surface area contributed by atoms with Crippen LogP contribution in [0.1, 0.15) is 0 Å². The molecule has 0 aliphatic carbocycles. The van der Waals surface area contributed by atoms with E-state index in [4.69, 9.17) is 0 Å². The highest BCUT2D eigenvalue weighted by molar-refractivity contribution is 5.92. The first-order valence-electron chi connectivity index (χ1n) is 3.76. The summed E-state index contributed by atoms with van der Waals surface area (Å²) in [6.07, 6.45) is 1.80. The maximum atomic E-state index is 13.1. The summed E-state index contributed by atoms with van der Waals surface area (Å²) in [7, 11) is 1.71. The van der Waals surface area contributed by atoms with Crippen LogP contribution in [0.15, 0.2) is 24.4 Å². The lowest BCUT2D eigenvalue weighted by atomic mass is 10.2. The molecule has 12 heavy (non-hydrogen) atoms. The molecule has 2 N–H and O–H groups in total. The van der Waals surface area contributed by atoms with Crippen molar-refractivity contribution in [2.75, 3.05) is 12.4 Å². The summed E-state index contributed by atoms with van der Waals surface area (Å²) in [4.78, 5) is 3.01. The number of anilines is 1. The number of fused-ring (bicyclic) bond motifs is 1. The van der Waals surface area contributed by atoms with Gasteiger partial charge < -0.3 is 10.3 Å². The van der Waals surface area contributed by atoms with Crippen molar-refractivity contribution in [1.29, 1.82) is 0 Å². The van der Waals surface area contributed by atoms with Crippen LogP contribution in [-0.2, 0) is 0 Å². The Kier molecular flexibility index (Phi) is 1.50. The first-order chi connectivity index (χ1) is 5.83. The third kappa shape index (κ3) is 0.863. The molecule has 0 fully saturated rings. The second-order valence-corrected chi connectivity index (χ2v) is 2.61. The second-order valence-electron chi connectivity index (χ2n) is 2.61. The maximum Gasteiger partial charge on any atom is 0.147 e. The van der Waals surface area contributed by atoms with E-state index in [9.17, 15) is 4.39 Å². The average molecular weight is 164 g/mol. The highest BCUT2D eigenvalue weighted by atomic mass is 19.1.